The third kappa shape index (κ3) is 3.67. The number of aromatic nitrogens is 2. The summed E-state index contributed by atoms with van der Waals surface area (Å²) in [7, 11) is 0. The molecule has 0 amide bonds. The van der Waals surface area contributed by atoms with E-state index < -0.39 is 0 Å². The Hall–Kier alpha value is -1.61. The molecule has 1 N–H and O–H groups in total. The van der Waals surface area contributed by atoms with Crippen molar-refractivity contribution in [3.8, 4) is 0 Å². The number of nitrogens with zero attached hydrogens (tertiary/aromatic N) is 2. The van der Waals surface area contributed by atoms with Crippen LogP contribution < -0.4 is 5.32 Å². The maximum atomic E-state index is 4.36. The van der Waals surface area contributed by atoms with Crippen LogP contribution in [0.4, 0.5) is 0 Å². The fraction of sp³-hybridized carbons (Fsp3) is 0.438. The smallest absolute Gasteiger partial charge is 0.0642 e. The zero-order chi connectivity index (χ0) is 13.7. The molecule has 0 aliphatic rings. The average Bonchev–Trinajstić information content (AvgIpc) is 2.85. The number of nitrogens with one attached hydrogen (secondary N) is 1. The molecule has 1 unspecified atom stereocenters. The SMILES string of the molecule is CCNC(c1ccn(Cc2ccccn2)c1)C(C)C. The average molecular weight is 257 g/mol. The predicted molar refractivity (Wildman–Crippen MR) is 79.0 cm³/mol. The van der Waals surface area contributed by atoms with Crippen molar-refractivity contribution < 1.29 is 0 Å². The topological polar surface area (TPSA) is 29.9 Å². The second-order valence-corrected chi connectivity index (χ2v) is 5.22. The van der Waals surface area contributed by atoms with E-state index >= 15 is 0 Å². The second kappa shape index (κ2) is 6.53. The van der Waals surface area contributed by atoms with Crippen LogP contribution in [-0.4, -0.2) is 16.1 Å². The molecule has 19 heavy (non-hydrogen) atoms. The maximum absolute atomic E-state index is 4.36. The molecule has 0 fully saturated rings. The molecule has 3 heteroatoms. The van der Waals surface area contributed by atoms with Crippen LogP contribution in [0.1, 0.15) is 38.1 Å². The van der Waals surface area contributed by atoms with Gasteiger partial charge in [0.25, 0.3) is 0 Å². The summed E-state index contributed by atoms with van der Waals surface area (Å²) >= 11 is 0. The van der Waals surface area contributed by atoms with E-state index in [1.165, 1.54) is 5.56 Å². The molecule has 0 aliphatic heterocycles. The first kappa shape index (κ1) is 13.8. The van der Waals surface area contributed by atoms with Gasteiger partial charge in [-0.1, -0.05) is 26.8 Å². The monoisotopic (exact) mass is 257 g/mol. The first-order valence-corrected chi connectivity index (χ1v) is 6.99. The van der Waals surface area contributed by atoms with Gasteiger partial charge in [0.1, 0.15) is 0 Å². The van der Waals surface area contributed by atoms with Crippen molar-refractivity contribution in [2.75, 3.05) is 6.54 Å². The molecule has 0 radical (unpaired) electrons. The Morgan fingerprint density at radius 3 is 2.74 bits per heavy atom. The van der Waals surface area contributed by atoms with Crippen LogP contribution in [0.15, 0.2) is 42.9 Å². The summed E-state index contributed by atoms with van der Waals surface area (Å²) in [5.41, 5.74) is 2.45. The largest absolute Gasteiger partial charge is 0.348 e. The van der Waals surface area contributed by atoms with E-state index in [1.807, 2.05) is 18.3 Å². The van der Waals surface area contributed by atoms with Crippen molar-refractivity contribution in [2.24, 2.45) is 5.92 Å². The molecule has 3 nitrogen and oxygen atoms in total. The van der Waals surface area contributed by atoms with Gasteiger partial charge < -0.3 is 9.88 Å². The highest BCUT2D eigenvalue weighted by Gasteiger charge is 2.15. The van der Waals surface area contributed by atoms with Crippen molar-refractivity contribution in [1.82, 2.24) is 14.9 Å². The quantitative estimate of drug-likeness (QED) is 0.861. The summed E-state index contributed by atoms with van der Waals surface area (Å²) in [6.45, 7) is 8.49. The summed E-state index contributed by atoms with van der Waals surface area (Å²) in [4.78, 5) is 4.36. The molecule has 0 saturated carbocycles. The van der Waals surface area contributed by atoms with Crippen LogP contribution in [0.25, 0.3) is 0 Å². The number of rotatable bonds is 6. The summed E-state index contributed by atoms with van der Waals surface area (Å²) in [6.07, 6.45) is 6.20. The number of pyridine rings is 1. The van der Waals surface area contributed by atoms with Crippen LogP contribution >= 0.6 is 0 Å². The Bertz CT molecular complexity index is 488. The van der Waals surface area contributed by atoms with Crippen LogP contribution in [0.3, 0.4) is 0 Å². The van der Waals surface area contributed by atoms with Crippen LogP contribution in [0.2, 0.25) is 0 Å². The van der Waals surface area contributed by atoms with Gasteiger partial charge in [0.2, 0.25) is 0 Å². The molecule has 2 rings (SSSR count). The molecule has 0 spiro atoms. The van der Waals surface area contributed by atoms with Crippen molar-refractivity contribution in [3.63, 3.8) is 0 Å². The van der Waals surface area contributed by atoms with E-state index in [2.05, 4.69) is 60.2 Å². The molecular formula is C16H23N3. The molecular weight excluding hydrogens is 234 g/mol. The Morgan fingerprint density at radius 1 is 1.26 bits per heavy atom. The van der Waals surface area contributed by atoms with Gasteiger partial charge in [-0.25, -0.2) is 0 Å². The normalized spacial score (nSPS) is 12.8. The highest BCUT2D eigenvalue weighted by atomic mass is 15.0. The van der Waals surface area contributed by atoms with E-state index in [9.17, 15) is 0 Å². The van der Waals surface area contributed by atoms with Gasteiger partial charge in [-0.15, -0.1) is 0 Å². The summed E-state index contributed by atoms with van der Waals surface area (Å²) in [6, 6.07) is 8.67. The lowest BCUT2D eigenvalue weighted by atomic mass is 9.98. The third-order valence-electron chi connectivity index (χ3n) is 3.29. The lowest BCUT2D eigenvalue weighted by Crippen LogP contribution is -2.25. The molecule has 102 valence electrons. The molecule has 1 atom stereocenters. The zero-order valence-electron chi connectivity index (χ0n) is 12.0. The minimum absolute atomic E-state index is 0.426. The molecule has 0 saturated heterocycles. The fourth-order valence-corrected chi connectivity index (χ4v) is 2.38. The summed E-state index contributed by atoms with van der Waals surface area (Å²) in [5, 5.41) is 3.55. The minimum Gasteiger partial charge on any atom is -0.348 e. The highest BCUT2D eigenvalue weighted by Crippen LogP contribution is 2.22. The molecule has 0 bridgehead atoms. The molecule has 0 aromatic carbocycles. The van der Waals surface area contributed by atoms with E-state index in [-0.39, 0.29) is 0 Å². The molecule has 0 aliphatic carbocycles. The van der Waals surface area contributed by atoms with Crippen LogP contribution in [0, 0.1) is 5.92 Å². The summed E-state index contributed by atoms with van der Waals surface area (Å²) in [5.74, 6) is 0.589. The van der Waals surface area contributed by atoms with Gasteiger partial charge in [0, 0.05) is 24.6 Å². The van der Waals surface area contributed by atoms with Gasteiger partial charge in [0.05, 0.1) is 12.2 Å². The van der Waals surface area contributed by atoms with Gasteiger partial charge >= 0.3 is 0 Å². The lowest BCUT2D eigenvalue weighted by Gasteiger charge is -2.20. The van der Waals surface area contributed by atoms with Gasteiger partial charge in [0.15, 0.2) is 0 Å². The molecule has 2 aromatic heterocycles. The highest BCUT2D eigenvalue weighted by molar-refractivity contribution is 5.17. The summed E-state index contributed by atoms with van der Waals surface area (Å²) < 4.78 is 2.20. The Labute approximate surface area is 115 Å². The lowest BCUT2D eigenvalue weighted by molar-refractivity contribution is 0.421. The maximum Gasteiger partial charge on any atom is 0.0642 e. The zero-order valence-corrected chi connectivity index (χ0v) is 12.0. The first-order valence-electron chi connectivity index (χ1n) is 6.99. The van der Waals surface area contributed by atoms with E-state index in [0.717, 1.165) is 18.8 Å². The van der Waals surface area contributed by atoms with Crippen LogP contribution in [-0.2, 0) is 6.54 Å². The standard InChI is InChI=1S/C16H23N3/c1-4-17-16(13(2)3)14-8-10-19(11-14)12-15-7-5-6-9-18-15/h5-11,13,16-17H,4,12H2,1-3H3. The molecule has 2 aromatic rings. The van der Waals surface area contributed by atoms with Crippen molar-refractivity contribution in [1.29, 1.82) is 0 Å². The van der Waals surface area contributed by atoms with Gasteiger partial charge in [-0.3, -0.25) is 4.98 Å². The Morgan fingerprint density at radius 2 is 2.11 bits per heavy atom. The second-order valence-electron chi connectivity index (χ2n) is 5.22. The predicted octanol–water partition coefficient (Wildman–Crippen LogP) is 3.24. The number of hydrogen-bond donors (Lipinski definition) is 1. The van der Waals surface area contributed by atoms with E-state index in [4.69, 9.17) is 0 Å². The van der Waals surface area contributed by atoms with Crippen molar-refractivity contribution >= 4 is 0 Å². The van der Waals surface area contributed by atoms with Gasteiger partial charge in [-0.05, 0) is 36.2 Å². The Kier molecular flexibility index (Phi) is 4.74. The van der Waals surface area contributed by atoms with E-state index in [1.54, 1.807) is 0 Å². The molecule has 2 heterocycles. The first-order chi connectivity index (χ1) is 9.20. The number of hydrogen-bond acceptors (Lipinski definition) is 2. The van der Waals surface area contributed by atoms with E-state index in [0.29, 0.717) is 12.0 Å². The fourth-order valence-electron chi connectivity index (χ4n) is 2.38. The van der Waals surface area contributed by atoms with Crippen molar-refractivity contribution in [2.45, 2.75) is 33.4 Å². The Balaban J connectivity index is 2.10. The van der Waals surface area contributed by atoms with Gasteiger partial charge in [-0.2, -0.15) is 0 Å². The third-order valence-corrected chi connectivity index (χ3v) is 3.29. The minimum atomic E-state index is 0.426. The van der Waals surface area contributed by atoms with Crippen LogP contribution in [0.5, 0.6) is 0 Å². The van der Waals surface area contributed by atoms with Crippen molar-refractivity contribution in [3.05, 3.63) is 54.1 Å².